The number of carbonyl (C=O) groups is 1. The number of hydrogen-bond donors (Lipinski definition) is 1. The van der Waals surface area contributed by atoms with Crippen molar-refractivity contribution in [3.05, 3.63) is 69.0 Å². The zero-order chi connectivity index (χ0) is 17.8. The number of hydrogen-bond acceptors (Lipinski definition) is 5. The summed E-state index contributed by atoms with van der Waals surface area (Å²) in [7, 11) is 0. The van der Waals surface area contributed by atoms with Crippen molar-refractivity contribution in [2.45, 2.75) is 5.22 Å². The van der Waals surface area contributed by atoms with Crippen molar-refractivity contribution in [3.8, 4) is 11.5 Å². The van der Waals surface area contributed by atoms with E-state index in [-0.39, 0.29) is 16.0 Å². The van der Waals surface area contributed by atoms with Gasteiger partial charge in [0.1, 0.15) is 4.91 Å². The Balaban J connectivity index is 1.85. The van der Waals surface area contributed by atoms with E-state index in [0.29, 0.717) is 21.2 Å². The minimum atomic E-state index is -1.10. The van der Waals surface area contributed by atoms with Gasteiger partial charge in [0.15, 0.2) is 0 Å². The first kappa shape index (κ1) is 17.5. The quantitative estimate of drug-likeness (QED) is 0.471. The van der Waals surface area contributed by atoms with Crippen LogP contribution >= 0.6 is 35.0 Å². The van der Waals surface area contributed by atoms with Crippen LogP contribution in [-0.2, 0) is 4.79 Å². The Labute approximate surface area is 157 Å². The van der Waals surface area contributed by atoms with Crippen LogP contribution in [0.15, 0.2) is 63.1 Å². The number of thioether (sulfide) groups is 1. The van der Waals surface area contributed by atoms with E-state index in [0.717, 1.165) is 11.8 Å². The number of carboxylic acids is 1. The Morgan fingerprint density at radius 3 is 2.48 bits per heavy atom. The summed E-state index contributed by atoms with van der Waals surface area (Å²) in [5, 5.41) is 18.3. The second-order valence-electron chi connectivity index (χ2n) is 4.82. The van der Waals surface area contributed by atoms with E-state index in [1.807, 2.05) is 0 Å². The van der Waals surface area contributed by atoms with Gasteiger partial charge in [-0.3, -0.25) is 0 Å². The summed E-state index contributed by atoms with van der Waals surface area (Å²) in [6.07, 6.45) is 1.50. The molecule has 0 saturated carbocycles. The lowest BCUT2D eigenvalue weighted by Crippen LogP contribution is -1.96. The summed E-state index contributed by atoms with van der Waals surface area (Å²) in [5.74, 6) is -0.873. The van der Waals surface area contributed by atoms with Crippen LogP contribution in [0, 0.1) is 0 Å². The largest absolute Gasteiger partial charge is 0.477 e. The van der Waals surface area contributed by atoms with Gasteiger partial charge in [0.25, 0.3) is 5.22 Å². The number of carboxylic acid groups (broad SMARTS) is 1. The first-order valence-electron chi connectivity index (χ1n) is 7.00. The van der Waals surface area contributed by atoms with Crippen molar-refractivity contribution in [2.75, 3.05) is 0 Å². The molecule has 3 rings (SSSR count). The third-order valence-electron chi connectivity index (χ3n) is 3.09. The first-order valence-corrected chi connectivity index (χ1v) is 8.57. The molecule has 5 nitrogen and oxygen atoms in total. The molecule has 0 radical (unpaired) electrons. The molecule has 3 aromatic rings. The number of benzene rings is 2. The fourth-order valence-corrected chi connectivity index (χ4v) is 2.95. The summed E-state index contributed by atoms with van der Waals surface area (Å²) in [5.41, 5.74) is 1.28. The van der Waals surface area contributed by atoms with Crippen molar-refractivity contribution in [1.29, 1.82) is 0 Å². The molecule has 0 aliphatic carbocycles. The number of halogens is 2. The Kier molecular flexibility index (Phi) is 5.43. The molecular weight excluding hydrogens is 383 g/mol. The standard InChI is InChI=1S/C17H10Cl2N2O3S/c18-11-7-5-10(6-8-11)9-14(16(22)23)25-17-21-20-15(24-17)12-3-1-2-4-13(12)19/h1-9H,(H,22,23)/b14-9+. The van der Waals surface area contributed by atoms with Crippen LogP contribution in [-0.4, -0.2) is 21.3 Å². The number of aliphatic carboxylic acids is 1. The molecule has 1 heterocycles. The van der Waals surface area contributed by atoms with Gasteiger partial charge in [0.05, 0.1) is 10.6 Å². The maximum atomic E-state index is 11.5. The Morgan fingerprint density at radius 2 is 1.80 bits per heavy atom. The first-order chi connectivity index (χ1) is 12.0. The van der Waals surface area contributed by atoms with Crippen LogP contribution in [0.25, 0.3) is 17.5 Å². The SMILES string of the molecule is O=C(O)/C(=C\c1ccc(Cl)cc1)Sc1nnc(-c2ccccc2Cl)o1. The van der Waals surface area contributed by atoms with E-state index in [4.69, 9.17) is 27.6 Å². The zero-order valence-electron chi connectivity index (χ0n) is 12.5. The molecule has 0 unspecified atom stereocenters. The highest BCUT2D eigenvalue weighted by molar-refractivity contribution is 8.03. The van der Waals surface area contributed by atoms with Crippen molar-refractivity contribution in [2.24, 2.45) is 0 Å². The summed E-state index contributed by atoms with van der Waals surface area (Å²) < 4.78 is 5.52. The molecule has 1 aromatic heterocycles. The number of rotatable bonds is 5. The smallest absolute Gasteiger partial charge is 0.342 e. The molecule has 0 saturated heterocycles. The van der Waals surface area contributed by atoms with Gasteiger partial charge in [-0.1, -0.05) is 47.5 Å². The predicted molar refractivity (Wildman–Crippen MR) is 97.7 cm³/mol. The van der Waals surface area contributed by atoms with Crippen LogP contribution in [0.3, 0.4) is 0 Å². The van der Waals surface area contributed by atoms with Gasteiger partial charge < -0.3 is 9.52 Å². The fourth-order valence-electron chi connectivity index (χ4n) is 1.93. The van der Waals surface area contributed by atoms with Gasteiger partial charge in [0.2, 0.25) is 5.89 Å². The van der Waals surface area contributed by atoms with Crippen LogP contribution < -0.4 is 0 Å². The molecule has 1 N–H and O–H groups in total. The predicted octanol–water partition coefficient (Wildman–Crippen LogP) is 5.26. The lowest BCUT2D eigenvalue weighted by molar-refractivity contribution is -0.131. The highest BCUT2D eigenvalue weighted by Gasteiger charge is 2.17. The van der Waals surface area contributed by atoms with Gasteiger partial charge in [-0.25, -0.2) is 4.79 Å². The van der Waals surface area contributed by atoms with Crippen LogP contribution in [0.5, 0.6) is 0 Å². The molecule has 0 aliphatic rings. The van der Waals surface area contributed by atoms with Gasteiger partial charge in [-0.05, 0) is 47.7 Å². The Bertz CT molecular complexity index is 939. The normalized spacial score (nSPS) is 11.5. The minimum absolute atomic E-state index is 0.0386. The molecule has 126 valence electrons. The highest BCUT2D eigenvalue weighted by atomic mass is 35.5. The van der Waals surface area contributed by atoms with E-state index < -0.39 is 5.97 Å². The lowest BCUT2D eigenvalue weighted by Gasteiger charge is -2.00. The Morgan fingerprint density at radius 1 is 1.08 bits per heavy atom. The van der Waals surface area contributed by atoms with E-state index in [2.05, 4.69) is 10.2 Å². The molecule has 0 amide bonds. The van der Waals surface area contributed by atoms with E-state index in [1.54, 1.807) is 48.5 Å². The average molecular weight is 393 g/mol. The fraction of sp³-hybridized carbons (Fsp3) is 0. The van der Waals surface area contributed by atoms with Gasteiger partial charge in [-0.15, -0.1) is 10.2 Å². The minimum Gasteiger partial charge on any atom is -0.477 e. The summed E-state index contributed by atoms with van der Waals surface area (Å²) in [6.45, 7) is 0. The molecule has 0 aliphatic heterocycles. The van der Waals surface area contributed by atoms with Gasteiger partial charge in [0, 0.05) is 5.02 Å². The molecule has 0 spiro atoms. The average Bonchev–Trinajstić information content (AvgIpc) is 3.05. The van der Waals surface area contributed by atoms with Crippen molar-refractivity contribution in [1.82, 2.24) is 10.2 Å². The topological polar surface area (TPSA) is 76.2 Å². The van der Waals surface area contributed by atoms with Crippen LogP contribution in [0.4, 0.5) is 0 Å². The maximum Gasteiger partial charge on any atom is 0.342 e. The van der Waals surface area contributed by atoms with E-state index in [1.165, 1.54) is 6.08 Å². The number of nitrogens with zero attached hydrogens (tertiary/aromatic N) is 2. The zero-order valence-corrected chi connectivity index (χ0v) is 14.8. The molecule has 0 atom stereocenters. The van der Waals surface area contributed by atoms with Crippen molar-refractivity contribution < 1.29 is 14.3 Å². The highest BCUT2D eigenvalue weighted by Crippen LogP contribution is 2.32. The number of aromatic nitrogens is 2. The molecule has 0 bridgehead atoms. The lowest BCUT2D eigenvalue weighted by atomic mass is 10.2. The second kappa shape index (κ2) is 7.74. The monoisotopic (exact) mass is 392 g/mol. The van der Waals surface area contributed by atoms with Gasteiger partial charge >= 0.3 is 5.97 Å². The summed E-state index contributed by atoms with van der Waals surface area (Å²) in [6, 6.07) is 13.8. The third kappa shape index (κ3) is 4.42. The maximum absolute atomic E-state index is 11.5. The molecular formula is C17H10Cl2N2O3S. The summed E-state index contributed by atoms with van der Waals surface area (Å²) >= 11 is 12.8. The molecule has 25 heavy (non-hydrogen) atoms. The van der Waals surface area contributed by atoms with Crippen molar-refractivity contribution in [3.63, 3.8) is 0 Å². The van der Waals surface area contributed by atoms with Crippen LogP contribution in [0.1, 0.15) is 5.56 Å². The van der Waals surface area contributed by atoms with Gasteiger partial charge in [-0.2, -0.15) is 0 Å². The van der Waals surface area contributed by atoms with E-state index in [9.17, 15) is 9.90 Å². The Hall–Kier alpha value is -2.28. The van der Waals surface area contributed by atoms with E-state index >= 15 is 0 Å². The molecule has 8 heteroatoms. The molecule has 0 fully saturated rings. The van der Waals surface area contributed by atoms with Crippen molar-refractivity contribution >= 4 is 47.0 Å². The second-order valence-corrected chi connectivity index (χ2v) is 6.66. The third-order valence-corrected chi connectivity index (χ3v) is 4.52. The molecule has 2 aromatic carbocycles. The summed E-state index contributed by atoms with van der Waals surface area (Å²) in [4.78, 5) is 11.5. The van der Waals surface area contributed by atoms with Crippen LogP contribution in [0.2, 0.25) is 10.0 Å².